The fourth-order valence-corrected chi connectivity index (χ4v) is 0. The second kappa shape index (κ2) is 4.38. The van der Waals surface area contributed by atoms with Crippen LogP contribution in [0.4, 0.5) is 0 Å². The van der Waals surface area contributed by atoms with Gasteiger partial charge in [-0.1, -0.05) is 0 Å². The van der Waals surface area contributed by atoms with E-state index in [0.29, 0.717) is 0 Å². The Hall–Kier alpha value is -0.510. The minimum absolute atomic E-state index is 3.11. The Balaban J connectivity index is 0. The number of hydrogen-bond acceptors (Lipinski definition) is 5. The fraction of sp³-hybridized carbons (Fsp3) is 0. The Labute approximate surface area is 52.4 Å². The van der Waals surface area contributed by atoms with Crippen molar-refractivity contribution >= 4 is 20.9 Å². The van der Waals surface area contributed by atoms with Gasteiger partial charge in [0.15, 0.2) is 0 Å². The van der Waals surface area contributed by atoms with E-state index in [1.54, 1.807) is 0 Å². The van der Waals surface area contributed by atoms with Crippen molar-refractivity contribution in [2.45, 2.75) is 0 Å². The van der Waals surface area contributed by atoms with Gasteiger partial charge in [0.2, 0.25) is 0 Å². The van der Waals surface area contributed by atoms with Gasteiger partial charge in [-0.3, -0.25) is 4.55 Å². The highest BCUT2D eigenvalue weighted by molar-refractivity contribution is 7.83. The number of hydrogen-bond donors (Lipinski definition) is 2. The molecule has 0 aliphatic rings. The summed E-state index contributed by atoms with van der Waals surface area (Å²) in [5.74, 6) is 0. The predicted molar refractivity (Wildman–Crippen MR) is 25.4 cm³/mol. The average Bonchev–Trinajstić information content (AvgIpc) is 1.19. The standard InChI is InChI=1S/H3NO3S.O3S/c1-5(2,3)4;1-4(2)3/h(H3,1,2,3,4);. The molecule has 0 fully saturated rings. The van der Waals surface area contributed by atoms with Crippen molar-refractivity contribution in [1.82, 2.24) is 0 Å². The van der Waals surface area contributed by atoms with Crippen LogP contribution < -0.4 is 5.14 Å². The molecule has 7 nitrogen and oxygen atoms in total. The molecule has 0 atom stereocenters. The second-order valence-electron chi connectivity index (χ2n) is 0.719. The van der Waals surface area contributed by atoms with Crippen molar-refractivity contribution in [3.63, 3.8) is 0 Å². The third kappa shape index (κ3) is 868. The largest absolute Gasteiger partial charge is 0.425 e. The molecule has 0 unspecified atom stereocenters. The van der Waals surface area contributed by atoms with E-state index in [0.717, 1.165) is 0 Å². The smallest absolute Gasteiger partial charge is 0.274 e. The van der Waals surface area contributed by atoms with Crippen LogP contribution in [0.15, 0.2) is 0 Å². The van der Waals surface area contributed by atoms with Gasteiger partial charge in [-0.25, -0.2) is 5.14 Å². The highest BCUT2D eigenvalue weighted by Gasteiger charge is 1.81. The highest BCUT2D eigenvalue weighted by Crippen LogP contribution is 1.50. The highest BCUT2D eigenvalue weighted by atomic mass is 32.2. The Morgan fingerprint density at radius 3 is 1.22 bits per heavy atom. The summed E-state index contributed by atoms with van der Waals surface area (Å²) in [7, 11) is -7.28. The van der Waals surface area contributed by atoms with Crippen molar-refractivity contribution in [3.8, 4) is 0 Å². The van der Waals surface area contributed by atoms with E-state index >= 15 is 0 Å². The molecule has 0 aliphatic heterocycles. The summed E-state index contributed by atoms with van der Waals surface area (Å²) < 4.78 is 50.5. The fourth-order valence-electron chi connectivity index (χ4n) is 0. The van der Waals surface area contributed by atoms with Gasteiger partial charge in [0.25, 0.3) is 0 Å². The Bertz CT molecular complexity index is 224. The van der Waals surface area contributed by atoms with Gasteiger partial charge in [-0.05, 0) is 0 Å². The normalized spacial score (nSPS) is 9.11. The minimum atomic E-state index is -4.17. The van der Waals surface area contributed by atoms with Crippen LogP contribution in [0.25, 0.3) is 0 Å². The molecule has 56 valence electrons. The van der Waals surface area contributed by atoms with E-state index in [-0.39, 0.29) is 0 Å². The SMILES string of the molecule is NS(=O)(=O)O.O=S(=O)=O. The van der Waals surface area contributed by atoms with Gasteiger partial charge in [-0.2, -0.15) is 8.42 Å². The molecular formula is H3NO6S2. The molecule has 0 bridgehead atoms. The van der Waals surface area contributed by atoms with Crippen LogP contribution in [0.2, 0.25) is 0 Å². The Kier molecular flexibility index (Phi) is 5.50. The van der Waals surface area contributed by atoms with Crippen LogP contribution in [-0.2, 0) is 20.9 Å². The van der Waals surface area contributed by atoms with Crippen LogP contribution >= 0.6 is 0 Å². The molecule has 0 aromatic rings. The van der Waals surface area contributed by atoms with Crippen LogP contribution in [0.3, 0.4) is 0 Å². The molecule has 9 heteroatoms. The summed E-state index contributed by atoms with van der Waals surface area (Å²) in [4.78, 5) is 0. The molecule has 0 saturated carbocycles. The maximum absolute atomic E-state index is 8.97. The summed E-state index contributed by atoms with van der Waals surface area (Å²) in [5, 5.41) is 3.88. The molecule has 3 N–H and O–H groups in total. The van der Waals surface area contributed by atoms with Crippen LogP contribution in [-0.4, -0.2) is 25.6 Å². The van der Waals surface area contributed by atoms with Crippen molar-refractivity contribution in [1.29, 1.82) is 0 Å². The van der Waals surface area contributed by atoms with Crippen molar-refractivity contribution in [2.24, 2.45) is 5.14 Å². The van der Waals surface area contributed by atoms with Gasteiger partial charge in [0.05, 0.1) is 0 Å². The van der Waals surface area contributed by atoms with E-state index in [1.807, 2.05) is 0 Å². The van der Waals surface area contributed by atoms with Gasteiger partial charge < -0.3 is 0 Å². The summed E-state index contributed by atoms with van der Waals surface area (Å²) in [6.07, 6.45) is 0. The summed E-state index contributed by atoms with van der Waals surface area (Å²) in [6, 6.07) is 0. The van der Waals surface area contributed by atoms with Crippen LogP contribution in [0, 0.1) is 0 Å². The van der Waals surface area contributed by atoms with E-state index in [4.69, 9.17) is 25.6 Å². The van der Waals surface area contributed by atoms with Crippen LogP contribution in [0.1, 0.15) is 0 Å². The Morgan fingerprint density at radius 2 is 1.22 bits per heavy atom. The lowest BCUT2D eigenvalue weighted by atomic mass is 13.9. The summed E-state index contributed by atoms with van der Waals surface area (Å²) in [5.41, 5.74) is 0. The molecular weight excluding hydrogens is 174 g/mol. The first-order valence-corrected chi connectivity index (χ1v) is 3.75. The van der Waals surface area contributed by atoms with Crippen molar-refractivity contribution in [2.75, 3.05) is 0 Å². The minimum Gasteiger partial charge on any atom is -0.274 e. The topological polar surface area (TPSA) is 132 Å². The third-order valence-electron chi connectivity index (χ3n) is 0. The zero-order chi connectivity index (χ0) is 8.08. The molecule has 0 radical (unpaired) electrons. The lowest BCUT2D eigenvalue weighted by Gasteiger charge is -1.70. The van der Waals surface area contributed by atoms with Crippen LogP contribution in [0.5, 0.6) is 0 Å². The zero-order valence-corrected chi connectivity index (χ0v) is 5.52. The first-order chi connectivity index (χ1) is 3.73. The molecule has 0 rings (SSSR count). The maximum atomic E-state index is 8.97. The van der Waals surface area contributed by atoms with E-state index in [2.05, 4.69) is 5.14 Å². The molecule has 0 aromatic heterocycles. The number of nitrogens with two attached hydrogens (primary N) is 1. The van der Waals surface area contributed by atoms with Crippen molar-refractivity contribution in [3.05, 3.63) is 0 Å². The van der Waals surface area contributed by atoms with E-state index in [9.17, 15) is 0 Å². The third-order valence-corrected chi connectivity index (χ3v) is 0. The first-order valence-electron chi connectivity index (χ1n) is 1.25. The summed E-state index contributed by atoms with van der Waals surface area (Å²) >= 11 is 0. The second-order valence-corrected chi connectivity index (χ2v) is 2.16. The van der Waals surface area contributed by atoms with E-state index in [1.165, 1.54) is 0 Å². The molecule has 0 heterocycles. The molecule has 0 amide bonds. The van der Waals surface area contributed by atoms with E-state index < -0.39 is 20.9 Å². The lowest BCUT2D eigenvalue weighted by molar-refractivity contribution is 0.485. The molecule has 0 aromatic carbocycles. The average molecular weight is 177 g/mol. The Morgan fingerprint density at radius 1 is 1.22 bits per heavy atom. The van der Waals surface area contributed by atoms with Gasteiger partial charge >= 0.3 is 20.9 Å². The number of rotatable bonds is 0. The summed E-state index contributed by atoms with van der Waals surface area (Å²) in [6.45, 7) is 0. The van der Waals surface area contributed by atoms with Gasteiger partial charge in [0.1, 0.15) is 0 Å². The van der Waals surface area contributed by atoms with Gasteiger partial charge in [-0.15, -0.1) is 12.6 Å². The first kappa shape index (κ1) is 11.3. The quantitative estimate of drug-likeness (QED) is 0.401. The lowest BCUT2D eigenvalue weighted by Crippen LogP contribution is -2.08. The molecule has 0 saturated heterocycles. The molecule has 0 spiro atoms. The van der Waals surface area contributed by atoms with Gasteiger partial charge in [0, 0.05) is 0 Å². The molecule has 0 aliphatic carbocycles. The maximum Gasteiger partial charge on any atom is 0.425 e. The predicted octanol–water partition coefficient (Wildman–Crippen LogP) is -2.26. The zero-order valence-electron chi connectivity index (χ0n) is 3.88. The monoisotopic (exact) mass is 177 g/mol. The molecule has 9 heavy (non-hydrogen) atoms. The van der Waals surface area contributed by atoms with Crippen molar-refractivity contribution < 1.29 is 25.6 Å².